The Morgan fingerprint density at radius 1 is 0.950 bits per heavy atom. The lowest BCUT2D eigenvalue weighted by Gasteiger charge is -2.02. The van der Waals surface area contributed by atoms with E-state index >= 15 is 0 Å². The molecule has 2 nitrogen and oxygen atoms in total. The Morgan fingerprint density at radius 3 is 2.80 bits per heavy atom. The van der Waals surface area contributed by atoms with Gasteiger partial charge in [-0.2, -0.15) is 0 Å². The van der Waals surface area contributed by atoms with Gasteiger partial charge in [0, 0.05) is 32.5 Å². The van der Waals surface area contributed by atoms with Crippen molar-refractivity contribution in [2.45, 2.75) is 0 Å². The van der Waals surface area contributed by atoms with Crippen LogP contribution in [0.2, 0.25) is 0 Å². The molecular weight excluding hydrogens is 312 g/mol. The van der Waals surface area contributed by atoms with Gasteiger partial charge < -0.3 is 4.98 Å². The number of aromatic amines is 1. The van der Waals surface area contributed by atoms with Gasteiger partial charge in [0.05, 0.1) is 11.2 Å². The van der Waals surface area contributed by atoms with Crippen molar-refractivity contribution in [3.8, 4) is 11.3 Å². The first-order valence-corrected chi connectivity index (χ1v) is 7.23. The molecule has 3 heteroatoms. The fourth-order valence-corrected chi connectivity index (χ4v) is 2.91. The van der Waals surface area contributed by atoms with E-state index in [-0.39, 0.29) is 0 Å². The fraction of sp³-hybridized carbons (Fsp3) is 0. The molecule has 0 aliphatic heterocycles. The third kappa shape index (κ3) is 1.82. The number of nitrogens with one attached hydrogen (secondary N) is 1. The highest BCUT2D eigenvalue weighted by molar-refractivity contribution is 9.10. The van der Waals surface area contributed by atoms with Gasteiger partial charge in [-0.1, -0.05) is 40.2 Å². The molecule has 0 saturated carbocycles. The van der Waals surface area contributed by atoms with E-state index in [4.69, 9.17) is 4.98 Å². The highest BCUT2D eigenvalue weighted by atomic mass is 79.9. The SMILES string of the molecule is Brc1ccc2nc(-c3c[nH]c4ccccc34)ccc2c1. The van der Waals surface area contributed by atoms with E-state index in [1.165, 1.54) is 5.39 Å². The monoisotopic (exact) mass is 322 g/mol. The van der Waals surface area contributed by atoms with Crippen LogP contribution in [0.3, 0.4) is 0 Å². The lowest BCUT2D eigenvalue weighted by molar-refractivity contribution is 1.39. The van der Waals surface area contributed by atoms with Gasteiger partial charge in [0.25, 0.3) is 0 Å². The third-order valence-electron chi connectivity index (χ3n) is 3.52. The van der Waals surface area contributed by atoms with E-state index in [1.54, 1.807) is 0 Å². The number of aromatic nitrogens is 2. The van der Waals surface area contributed by atoms with Crippen molar-refractivity contribution in [3.63, 3.8) is 0 Å². The van der Waals surface area contributed by atoms with Crippen molar-refractivity contribution in [2.75, 3.05) is 0 Å². The molecule has 0 amide bonds. The molecule has 0 aliphatic rings. The number of halogens is 1. The topological polar surface area (TPSA) is 28.7 Å². The molecule has 0 unspecified atom stereocenters. The lowest BCUT2D eigenvalue weighted by Crippen LogP contribution is -1.84. The quantitative estimate of drug-likeness (QED) is 0.516. The molecule has 0 atom stereocenters. The number of fused-ring (bicyclic) bond motifs is 2. The number of H-pyrrole nitrogens is 1. The maximum absolute atomic E-state index is 4.77. The van der Waals surface area contributed by atoms with Crippen LogP contribution in [-0.2, 0) is 0 Å². The number of hydrogen-bond donors (Lipinski definition) is 1. The van der Waals surface area contributed by atoms with Gasteiger partial charge in [0.15, 0.2) is 0 Å². The first-order valence-electron chi connectivity index (χ1n) is 6.44. The predicted octanol–water partition coefficient (Wildman–Crippen LogP) is 5.15. The van der Waals surface area contributed by atoms with E-state index in [0.29, 0.717) is 0 Å². The number of benzene rings is 2. The van der Waals surface area contributed by atoms with Crippen LogP contribution in [0.15, 0.2) is 65.3 Å². The van der Waals surface area contributed by atoms with Crippen molar-refractivity contribution in [1.29, 1.82) is 0 Å². The summed E-state index contributed by atoms with van der Waals surface area (Å²) in [6, 6.07) is 18.6. The maximum atomic E-state index is 4.77. The number of nitrogens with zero attached hydrogens (tertiary/aromatic N) is 1. The summed E-state index contributed by atoms with van der Waals surface area (Å²) in [7, 11) is 0. The first-order chi connectivity index (χ1) is 9.81. The third-order valence-corrected chi connectivity index (χ3v) is 4.01. The van der Waals surface area contributed by atoms with Gasteiger partial charge in [0.1, 0.15) is 0 Å². The van der Waals surface area contributed by atoms with E-state index in [1.807, 2.05) is 24.4 Å². The predicted molar refractivity (Wildman–Crippen MR) is 86.7 cm³/mol. The summed E-state index contributed by atoms with van der Waals surface area (Å²) in [5.41, 5.74) is 4.29. The summed E-state index contributed by atoms with van der Waals surface area (Å²) >= 11 is 3.49. The van der Waals surface area contributed by atoms with E-state index in [0.717, 1.165) is 32.1 Å². The van der Waals surface area contributed by atoms with Crippen LogP contribution < -0.4 is 0 Å². The zero-order valence-corrected chi connectivity index (χ0v) is 12.2. The van der Waals surface area contributed by atoms with Crippen molar-refractivity contribution in [3.05, 3.63) is 65.3 Å². The van der Waals surface area contributed by atoms with Crippen molar-refractivity contribution in [2.24, 2.45) is 0 Å². The van der Waals surface area contributed by atoms with Crippen molar-refractivity contribution >= 4 is 37.7 Å². The molecule has 0 saturated heterocycles. The number of para-hydroxylation sites is 1. The Bertz CT molecular complexity index is 924. The molecule has 0 spiro atoms. The lowest BCUT2D eigenvalue weighted by atomic mass is 10.1. The molecule has 4 rings (SSSR count). The average Bonchev–Trinajstić information content (AvgIpc) is 2.91. The largest absolute Gasteiger partial charge is 0.360 e. The zero-order chi connectivity index (χ0) is 13.5. The minimum Gasteiger partial charge on any atom is -0.360 e. The standard InChI is InChI=1S/C17H11BrN2/c18-12-6-8-15-11(9-12)5-7-17(20-15)14-10-19-16-4-2-1-3-13(14)16/h1-10,19H. The Morgan fingerprint density at radius 2 is 1.85 bits per heavy atom. The number of hydrogen-bond acceptors (Lipinski definition) is 1. The summed E-state index contributed by atoms with van der Waals surface area (Å²) in [5.74, 6) is 0. The highest BCUT2D eigenvalue weighted by Gasteiger charge is 2.07. The molecule has 1 N–H and O–H groups in total. The van der Waals surface area contributed by atoms with Crippen molar-refractivity contribution in [1.82, 2.24) is 9.97 Å². The molecular formula is C17H11BrN2. The van der Waals surface area contributed by atoms with Gasteiger partial charge in [-0.3, -0.25) is 0 Å². The summed E-state index contributed by atoms with van der Waals surface area (Å²) in [5, 5.41) is 2.35. The second kappa shape index (κ2) is 4.46. The van der Waals surface area contributed by atoms with E-state index in [2.05, 4.69) is 57.3 Å². The second-order valence-corrected chi connectivity index (χ2v) is 5.70. The summed E-state index contributed by atoms with van der Waals surface area (Å²) in [6.07, 6.45) is 2.03. The Hall–Kier alpha value is -2.13. The molecule has 4 aromatic rings. The Kier molecular flexibility index (Phi) is 2.60. The molecule has 0 aliphatic carbocycles. The van der Waals surface area contributed by atoms with E-state index < -0.39 is 0 Å². The van der Waals surface area contributed by atoms with Crippen LogP contribution in [0.1, 0.15) is 0 Å². The smallest absolute Gasteiger partial charge is 0.0731 e. The normalized spacial score (nSPS) is 11.2. The molecule has 20 heavy (non-hydrogen) atoms. The van der Waals surface area contributed by atoms with Crippen LogP contribution in [0, 0.1) is 0 Å². The van der Waals surface area contributed by atoms with Crippen LogP contribution >= 0.6 is 15.9 Å². The highest BCUT2D eigenvalue weighted by Crippen LogP contribution is 2.29. The molecule has 2 aromatic carbocycles. The Labute approximate surface area is 124 Å². The molecule has 0 radical (unpaired) electrons. The minimum absolute atomic E-state index is 0.997. The minimum atomic E-state index is 0.997. The Balaban J connectivity index is 1.96. The molecule has 96 valence electrons. The van der Waals surface area contributed by atoms with E-state index in [9.17, 15) is 0 Å². The molecule has 2 aromatic heterocycles. The first kappa shape index (κ1) is 11.7. The van der Waals surface area contributed by atoms with Gasteiger partial charge in [-0.05, 0) is 30.3 Å². The zero-order valence-electron chi connectivity index (χ0n) is 10.6. The summed E-state index contributed by atoms with van der Waals surface area (Å²) < 4.78 is 1.08. The average molecular weight is 323 g/mol. The van der Waals surface area contributed by atoms with Crippen LogP contribution in [0.25, 0.3) is 33.1 Å². The van der Waals surface area contributed by atoms with Crippen LogP contribution in [0.5, 0.6) is 0 Å². The van der Waals surface area contributed by atoms with Gasteiger partial charge in [-0.15, -0.1) is 0 Å². The molecule has 2 heterocycles. The van der Waals surface area contributed by atoms with Crippen LogP contribution in [-0.4, -0.2) is 9.97 Å². The van der Waals surface area contributed by atoms with Gasteiger partial charge in [-0.25, -0.2) is 4.98 Å². The van der Waals surface area contributed by atoms with Crippen LogP contribution in [0.4, 0.5) is 0 Å². The number of pyridine rings is 1. The van der Waals surface area contributed by atoms with Crippen molar-refractivity contribution < 1.29 is 0 Å². The summed E-state index contributed by atoms with van der Waals surface area (Å²) in [6.45, 7) is 0. The molecule has 0 fully saturated rings. The fourth-order valence-electron chi connectivity index (χ4n) is 2.53. The maximum Gasteiger partial charge on any atom is 0.0731 e. The number of rotatable bonds is 1. The summed E-state index contributed by atoms with van der Waals surface area (Å²) in [4.78, 5) is 8.06. The van der Waals surface area contributed by atoms with Gasteiger partial charge in [0.2, 0.25) is 0 Å². The molecule has 0 bridgehead atoms. The van der Waals surface area contributed by atoms with Gasteiger partial charge >= 0.3 is 0 Å². The second-order valence-electron chi connectivity index (χ2n) is 4.78.